The molecule has 0 aromatic heterocycles. The molecule has 17 heavy (non-hydrogen) atoms. The van der Waals surface area contributed by atoms with Gasteiger partial charge >= 0.3 is 5.97 Å². The van der Waals surface area contributed by atoms with Gasteiger partial charge in [-0.3, -0.25) is 4.79 Å². The van der Waals surface area contributed by atoms with Gasteiger partial charge in [-0.25, -0.2) is 4.79 Å². The Hall–Kier alpha value is -0.740. The lowest BCUT2D eigenvalue weighted by molar-refractivity contribution is -0.150. The number of ether oxygens (including phenoxy) is 1. The summed E-state index contributed by atoms with van der Waals surface area (Å²) in [6, 6.07) is 0. The van der Waals surface area contributed by atoms with E-state index in [0.717, 1.165) is 6.42 Å². The minimum absolute atomic E-state index is 0.123. The lowest BCUT2D eigenvalue weighted by Gasteiger charge is -2.36. The van der Waals surface area contributed by atoms with Gasteiger partial charge in [-0.1, -0.05) is 29.6 Å². The van der Waals surface area contributed by atoms with E-state index in [1.165, 1.54) is 7.11 Å². The first-order chi connectivity index (χ1) is 7.94. The number of hydrogen-bond donors (Lipinski definition) is 1. The third kappa shape index (κ3) is 1.58. The van der Waals surface area contributed by atoms with Crippen LogP contribution in [0.25, 0.3) is 0 Å². The number of carbonyl (C=O) groups is 2. The fourth-order valence-electron chi connectivity index (χ4n) is 2.76. The van der Waals surface area contributed by atoms with E-state index in [2.05, 4.69) is 4.74 Å². The maximum absolute atomic E-state index is 12.0. The number of rotatable bonds is 1. The number of aliphatic hydroxyl groups is 1. The number of allylic oxidation sites excluding steroid dienone is 2. The molecule has 0 heterocycles. The number of ketones is 1. The highest BCUT2D eigenvalue weighted by molar-refractivity contribution is 6.49. The fraction of sp³-hybridized carbons (Fsp3) is 0.636. The van der Waals surface area contributed by atoms with Gasteiger partial charge < -0.3 is 9.84 Å². The average molecular weight is 279 g/mol. The third-order valence-corrected chi connectivity index (χ3v) is 4.67. The van der Waals surface area contributed by atoms with Crippen LogP contribution in [0.15, 0.2) is 10.8 Å². The molecular formula is C11H12Cl2O4. The molecule has 0 aromatic carbocycles. The maximum Gasteiger partial charge on any atom is 0.335 e. The molecule has 0 aromatic rings. The molecule has 2 aliphatic rings. The van der Waals surface area contributed by atoms with Gasteiger partial charge in [0.2, 0.25) is 10.7 Å². The van der Waals surface area contributed by atoms with Crippen molar-refractivity contribution in [1.82, 2.24) is 0 Å². The highest BCUT2D eigenvalue weighted by Crippen LogP contribution is 2.52. The zero-order chi connectivity index (χ0) is 12.8. The van der Waals surface area contributed by atoms with Gasteiger partial charge in [0.1, 0.15) is 0 Å². The SMILES string of the molecule is COC(=O)[C@]1(Cl)C(=O)C(O)=C(Cl)[C@H]2CCC[C@H]21. The van der Waals surface area contributed by atoms with Gasteiger partial charge in [0.05, 0.1) is 12.1 Å². The largest absolute Gasteiger partial charge is 0.503 e. The molecule has 0 amide bonds. The van der Waals surface area contributed by atoms with Crippen molar-refractivity contribution in [2.45, 2.75) is 24.1 Å². The molecule has 1 fully saturated rings. The standard InChI is InChI=1S/C11H12Cl2O4/c1-17-10(16)11(13)6-4-2-3-5(6)7(12)8(14)9(11)15/h5-6,14H,2-4H2,1H3/t5-,6+,11+/m0/s1. The first kappa shape index (κ1) is 12.7. The highest BCUT2D eigenvalue weighted by atomic mass is 35.5. The first-order valence-corrected chi connectivity index (χ1v) is 6.11. The molecule has 0 saturated heterocycles. The zero-order valence-electron chi connectivity index (χ0n) is 9.20. The van der Waals surface area contributed by atoms with Crippen molar-refractivity contribution < 1.29 is 19.4 Å². The Bertz CT molecular complexity index is 418. The van der Waals surface area contributed by atoms with Gasteiger partial charge in [-0.05, 0) is 12.8 Å². The second-order valence-corrected chi connectivity index (χ2v) is 5.38. The van der Waals surface area contributed by atoms with E-state index in [0.29, 0.717) is 12.8 Å². The van der Waals surface area contributed by atoms with Crippen LogP contribution < -0.4 is 0 Å². The summed E-state index contributed by atoms with van der Waals surface area (Å²) in [6.07, 6.45) is 2.16. The monoisotopic (exact) mass is 278 g/mol. The molecular weight excluding hydrogens is 267 g/mol. The number of carbonyl (C=O) groups excluding carboxylic acids is 2. The minimum atomic E-state index is -1.82. The summed E-state index contributed by atoms with van der Waals surface area (Å²) < 4.78 is 4.59. The Labute approximate surface area is 109 Å². The summed E-state index contributed by atoms with van der Waals surface area (Å²) >= 11 is 12.1. The van der Waals surface area contributed by atoms with Gasteiger partial charge in [0.15, 0.2) is 5.76 Å². The lowest BCUT2D eigenvalue weighted by atomic mass is 9.75. The van der Waals surface area contributed by atoms with Crippen molar-refractivity contribution in [3.63, 3.8) is 0 Å². The Morgan fingerprint density at radius 1 is 1.53 bits per heavy atom. The average Bonchev–Trinajstić information content (AvgIpc) is 2.82. The molecule has 0 radical (unpaired) electrons. The molecule has 4 nitrogen and oxygen atoms in total. The molecule has 1 saturated carbocycles. The second-order valence-electron chi connectivity index (χ2n) is 4.37. The second kappa shape index (κ2) is 4.18. The number of fused-ring (bicyclic) bond motifs is 1. The summed E-state index contributed by atoms with van der Waals surface area (Å²) in [6.45, 7) is 0. The Morgan fingerprint density at radius 2 is 2.18 bits per heavy atom. The summed E-state index contributed by atoms with van der Waals surface area (Å²) in [4.78, 5) is 21.9. The summed E-state index contributed by atoms with van der Waals surface area (Å²) in [5, 5.41) is 9.80. The quantitative estimate of drug-likeness (QED) is 0.454. The van der Waals surface area contributed by atoms with Gasteiger partial charge in [-0.2, -0.15) is 0 Å². The van der Waals surface area contributed by atoms with Crippen molar-refractivity contribution in [2.24, 2.45) is 11.8 Å². The molecule has 3 atom stereocenters. The van der Waals surface area contributed by atoms with E-state index in [1.807, 2.05) is 0 Å². The molecule has 0 spiro atoms. The van der Waals surface area contributed by atoms with Crippen LogP contribution in [-0.4, -0.2) is 28.8 Å². The van der Waals surface area contributed by atoms with Crippen molar-refractivity contribution >= 4 is 35.0 Å². The van der Waals surface area contributed by atoms with Crippen LogP contribution >= 0.6 is 23.2 Å². The van der Waals surface area contributed by atoms with E-state index in [9.17, 15) is 14.7 Å². The molecule has 94 valence electrons. The van der Waals surface area contributed by atoms with E-state index in [-0.39, 0.29) is 11.0 Å². The summed E-state index contributed by atoms with van der Waals surface area (Å²) in [5.74, 6) is -2.90. The number of esters is 1. The first-order valence-electron chi connectivity index (χ1n) is 5.35. The van der Waals surface area contributed by atoms with Crippen molar-refractivity contribution in [3.05, 3.63) is 10.8 Å². The molecule has 6 heteroatoms. The molecule has 0 unspecified atom stereocenters. The smallest absolute Gasteiger partial charge is 0.335 e. The van der Waals surface area contributed by atoms with E-state index in [4.69, 9.17) is 23.2 Å². The number of halogens is 2. The van der Waals surface area contributed by atoms with Crippen molar-refractivity contribution in [3.8, 4) is 0 Å². The Kier molecular flexibility index (Phi) is 3.12. The van der Waals surface area contributed by atoms with Gasteiger partial charge in [0.25, 0.3) is 0 Å². The number of hydrogen-bond acceptors (Lipinski definition) is 4. The maximum atomic E-state index is 12.0. The van der Waals surface area contributed by atoms with Crippen LogP contribution in [0.5, 0.6) is 0 Å². The molecule has 0 aliphatic heterocycles. The van der Waals surface area contributed by atoms with Crippen LogP contribution in [0.4, 0.5) is 0 Å². The fourth-order valence-corrected chi connectivity index (χ4v) is 3.53. The molecule has 2 rings (SSSR count). The number of methoxy groups -OCH3 is 1. The summed E-state index contributed by atoms with van der Waals surface area (Å²) in [5.41, 5.74) is 0. The topological polar surface area (TPSA) is 63.6 Å². The van der Waals surface area contributed by atoms with Gasteiger partial charge in [0, 0.05) is 11.8 Å². The predicted octanol–water partition coefficient (Wildman–Crippen LogP) is 2.14. The summed E-state index contributed by atoms with van der Waals surface area (Å²) in [7, 11) is 1.17. The number of aliphatic hydroxyl groups excluding tert-OH is 1. The Morgan fingerprint density at radius 3 is 2.76 bits per heavy atom. The van der Waals surface area contributed by atoms with Crippen LogP contribution in [0.3, 0.4) is 0 Å². The predicted molar refractivity (Wildman–Crippen MR) is 61.9 cm³/mol. The van der Waals surface area contributed by atoms with Crippen molar-refractivity contribution in [2.75, 3.05) is 7.11 Å². The van der Waals surface area contributed by atoms with Crippen LogP contribution in [-0.2, 0) is 14.3 Å². The zero-order valence-corrected chi connectivity index (χ0v) is 10.7. The van der Waals surface area contributed by atoms with E-state index < -0.39 is 28.3 Å². The minimum Gasteiger partial charge on any atom is -0.503 e. The normalized spacial score (nSPS) is 37.0. The van der Waals surface area contributed by atoms with Crippen LogP contribution in [0, 0.1) is 11.8 Å². The third-order valence-electron chi connectivity index (χ3n) is 3.61. The molecule has 2 aliphatic carbocycles. The van der Waals surface area contributed by atoms with Crippen LogP contribution in [0.1, 0.15) is 19.3 Å². The Balaban J connectivity index is 2.54. The van der Waals surface area contributed by atoms with E-state index >= 15 is 0 Å². The molecule has 0 bridgehead atoms. The van der Waals surface area contributed by atoms with Crippen molar-refractivity contribution in [1.29, 1.82) is 0 Å². The number of alkyl halides is 1. The highest BCUT2D eigenvalue weighted by Gasteiger charge is 2.60. The van der Waals surface area contributed by atoms with Crippen LogP contribution in [0.2, 0.25) is 0 Å². The molecule has 1 N–H and O–H groups in total. The van der Waals surface area contributed by atoms with Gasteiger partial charge in [-0.15, -0.1) is 0 Å². The number of Topliss-reactive ketones (excluding diaryl/α,β-unsaturated/α-hetero) is 1. The van der Waals surface area contributed by atoms with E-state index in [1.54, 1.807) is 0 Å². The lowest BCUT2D eigenvalue weighted by Crippen LogP contribution is -2.53.